The lowest BCUT2D eigenvalue weighted by atomic mass is 10.5. The number of aromatic amines is 1. The molecule has 0 atom stereocenters. The SMILES string of the molecule is S=c1[nH]ncn1CCCBr. The standard InChI is InChI=1S/C5H8BrN3S/c6-2-1-3-9-4-7-8-5(9)10/h4H,1-3H2,(H,8,10). The van der Waals surface area contributed by atoms with Crippen LogP contribution >= 0.6 is 28.1 Å². The van der Waals surface area contributed by atoms with Gasteiger partial charge in [0.2, 0.25) is 0 Å². The number of nitrogens with zero attached hydrogens (tertiary/aromatic N) is 2. The molecule has 0 aliphatic heterocycles. The Morgan fingerprint density at radius 1 is 1.80 bits per heavy atom. The summed E-state index contributed by atoms with van der Waals surface area (Å²) >= 11 is 8.27. The van der Waals surface area contributed by atoms with Crippen LogP contribution in [-0.4, -0.2) is 20.1 Å². The third-order valence-corrected chi connectivity index (χ3v) is 2.04. The lowest BCUT2D eigenvalue weighted by molar-refractivity contribution is 0.675. The normalized spacial score (nSPS) is 10.1. The first-order chi connectivity index (χ1) is 4.84. The number of aromatic nitrogens is 3. The largest absolute Gasteiger partial charge is 0.307 e. The second kappa shape index (κ2) is 3.88. The number of rotatable bonds is 3. The zero-order valence-corrected chi connectivity index (χ0v) is 7.78. The second-order valence-electron chi connectivity index (χ2n) is 1.90. The van der Waals surface area contributed by atoms with Crippen LogP contribution < -0.4 is 0 Å². The van der Waals surface area contributed by atoms with Crippen molar-refractivity contribution >= 4 is 28.1 Å². The molecule has 56 valence electrons. The van der Waals surface area contributed by atoms with Crippen LogP contribution in [0.1, 0.15) is 6.42 Å². The average Bonchev–Trinajstić information content (AvgIpc) is 2.31. The minimum atomic E-state index is 0.695. The first kappa shape index (κ1) is 7.94. The Hall–Kier alpha value is -0.160. The minimum Gasteiger partial charge on any atom is -0.307 e. The number of hydrogen-bond donors (Lipinski definition) is 1. The van der Waals surface area contributed by atoms with E-state index in [0.717, 1.165) is 18.3 Å². The van der Waals surface area contributed by atoms with Crippen molar-refractivity contribution < 1.29 is 0 Å². The molecule has 1 heterocycles. The molecule has 0 aromatic carbocycles. The van der Waals surface area contributed by atoms with Crippen molar-refractivity contribution in [2.75, 3.05) is 5.33 Å². The summed E-state index contributed by atoms with van der Waals surface area (Å²) in [6.07, 6.45) is 2.79. The first-order valence-electron chi connectivity index (χ1n) is 3.00. The highest BCUT2D eigenvalue weighted by Crippen LogP contribution is 1.93. The van der Waals surface area contributed by atoms with E-state index in [2.05, 4.69) is 26.1 Å². The van der Waals surface area contributed by atoms with Gasteiger partial charge in [0.25, 0.3) is 0 Å². The second-order valence-corrected chi connectivity index (χ2v) is 3.08. The lowest BCUT2D eigenvalue weighted by Crippen LogP contribution is -1.96. The maximum Gasteiger partial charge on any atom is 0.194 e. The Morgan fingerprint density at radius 2 is 2.60 bits per heavy atom. The molecule has 1 aromatic rings. The number of halogens is 1. The molecule has 0 aliphatic rings. The van der Waals surface area contributed by atoms with Gasteiger partial charge in [-0.05, 0) is 18.6 Å². The molecule has 0 fully saturated rings. The number of H-pyrrole nitrogens is 1. The van der Waals surface area contributed by atoms with E-state index in [1.165, 1.54) is 0 Å². The van der Waals surface area contributed by atoms with Gasteiger partial charge in [0.15, 0.2) is 4.77 Å². The molecule has 1 aromatic heterocycles. The fourth-order valence-electron chi connectivity index (χ4n) is 0.660. The zero-order chi connectivity index (χ0) is 7.40. The monoisotopic (exact) mass is 221 g/mol. The molecule has 5 heteroatoms. The summed E-state index contributed by atoms with van der Waals surface area (Å²) in [6, 6.07) is 0. The molecule has 0 amide bonds. The number of alkyl halides is 1. The van der Waals surface area contributed by atoms with E-state index in [1.54, 1.807) is 6.33 Å². The summed E-state index contributed by atoms with van der Waals surface area (Å²) in [6.45, 7) is 0.931. The van der Waals surface area contributed by atoms with E-state index in [4.69, 9.17) is 12.2 Å². The Balaban J connectivity index is 2.57. The minimum absolute atomic E-state index is 0.695. The Labute approximate surface area is 72.6 Å². The van der Waals surface area contributed by atoms with Gasteiger partial charge in [-0.1, -0.05) is 15.9 Å². The predicted octanol–water partition coefficient (Wildman–Crippen LogP) is 1.73. The van der Waals surface area contributed by atoms with Crippen molar-refractivity contribution in [1.29, 1.82) is 0 Å². The highest BCUT2D eigenvalue weighted by molar-refractivity contribution is 9.09. The summed E-state index contributed by atoms with van der Waals surface area (Å²) in [5.41, 5.74) is 0. The van der Waals surface area contributed by atoms with Crippen molar-refractivity contribution in [3.05, 3.63) is 11.1 Å². The number of aryl methyl sites for hydroxylation is 1. The molecule has 0 unspecified atom stereocenters. The molecule has 10 heavy (non-hydrogen) atoms. The highest BCUT2D eigenvalue weighted by Gasteiger charge is 1.90. The quantitative estimate of drug-likeness (QED) is 0.624. The van der Waals surface area contributed by atoms with E-state index < -0.39 is 0 Å². The van der Waals surface area contributed by atoms with Crippen molar-refractivity contribution in [3.63, 3.8) is 0 Å². The molecule has 0 spiro atoms. The van der Waals surface area contributed by atoms with Crippen LogP contribution in [0.2, 0.25) is 0 Å². The summed E-state index contributed by atoms with van der Waals surface area (Å²) in [5.74, 6) is 0. The van der Waals surface area contributed by atoms with E-state index in [-0.39, 0.29) is 0 Å². The fraction of sp³-hybridized carbons (Fsp3) is 0.600. The Kier molecular flexibility index (Phi) is 3.08. The zero-order valence-electron chi connectivity index (χ0n) is 5.38. The first-order valence-corrected chi connectivity index (χ1v) is 4.53. The molecule has 1 rings (SSSR count). The van der Waals surface area contributed by atoms with Crippen LogP contribution in [0.5, 0.6) is 0 Å². The highest BCUT2D eigenvalue weighted by atomic mass is 79.9. The topological polar surface area (TPSA) is 33.6 Å². The van der Waals surface area contributed by atoms with Gasteiger partial charge in [-0.3, -0.25) is 5.10 Å². The van der Waals surface area contributed by atoms with E-state index in [9.17, 15) is 0 Å². The average molecular weight is 222 g/mol. The van der Waals surface area contributed by atoms with Crippen molar-refractivity contribution in [2.24, 2.45) is 0 Å². The lowest BCUT2D eigenvalue weighted by Gasteiger charge is -1.95. The van der Waals surface area contributed by atoms with E-state index >= 15 is 0 Å². The van der Waals surface area contributed by atoms with Crippen molar-refractivity contribution in [3.8, 4) is 0 Å². The molecule has 0 bridgehead atoms. The smallest absolute Gasteiger partial charge is 0.194 e. The molecule has 1 N–H and O–H groups in total. The van der Waals surface area contributed by atoms with Crippen LogP contribution in [0, 0.1) is 4.77 Å². The predicted molar refractivity (Wildman–Crippen MR) is 45.8 cm³/mol. The van der Waals surface area contributed by atoms with Crippen molar-refractivity contribution in [2.45, 2.75) is 13.0 Å². The van der Waals surface area contributed by atoms with Crippen molar-refractivity contribution in [1.82, 2.24) is 14.8 Å². The Morgan fingerprint density at radius 3 is 3.10 bits per heavy atom. The summed E-state index contributed by atoms with van der Waals surface area (Å²) in [5, 5.41) is 7.48. The Bertz CT molecular complexity index is 241. The van der Waals surface area contributed by atoms with E-state index in [1.807, 2.05) is 4.57 Å². The summed E-state index contributed by atoms with van der Waals surface area (Å²) < 4.78 is 2.61. The van der Waals surface area contributed by atoms with Gasteiger partial charge in [-0.2, -0.15) is 5.10 Å². The van der Waals surface area contributed by atoms with Gasteiger partial charge in [-0.15, -0.1) is 0 Å². The van der Waals surface area contributed by atoms with Gasteiger partial charge in [0, 0.05) is 11.9 Å². The fourth-order valence-corrected chi connectivity index (χ4v) is 1.10. The maximum absolute atomic E-state index is 4.93. The van der Waals surface area contributed by atoms with Gasteiger partial charge in [0.05, 0.1) is 0 Å². The van der Waals surface area contributed by atoms with Gasteiger partial charge < -0.3 is 4.57 Å². The van der Waals surface area contributed by atoms with Crippen LogP contribution in [0.25, 0.3) is 0 Å². The molecule has 0 saturated heterocycles. The summed E-state index contributed by atoms with van der Waals surface area (Å²) in [7, 11) is 0. The van der Waals surface area contributed by atoms with Gasteiger partial charge in [-0.25, -0.2) is 0 Å². The molecule has 0 aliphatic carbocycles. The third kappa shape index (κ3) is 1.91. The van der Waals surface area contributed by atoms with Crippen LogP contribution in [0.15, 0.2) is 6.33 Å². The third-order valence-electron chi connectivity index (χ3n) is 1.15. The molecule has 3 nitrogen and oxygen atoms in total. The molecule has 0 saturated carbocycles. The van der Waals surface area contributed by atoms with E-state index in [0.29, 0.717) is 4.77 Å². The molecular weight excluding hydrogens is 214 g/mol. The maximum atomic E-state index is 4.93. The van der Waals surface area contributed by atoms with Crippen LogP contribution in [0.4, 0.5) is 0 Å². The van der Waals surface area contributed by atoms with Crippen LogP contribution in [-0.2, 0) is 6.54 Å². The number of hydrogen-bond acceptors (Lipinski definition) is 2. The van der Waals surface area contributed by atoms with Gasteiger partial charge in [0.1, 0.15) is 6.33 Å². The summed E-state index contributed by atoms with van der Waals surface area (Å²) in [4.78, 5) is 0. The molecular formula is C5H8BrN3S. The molecule has 0 radical (unpaired) electrons. The van der Waals surface area contributed by atoms with Crippen LogP contribution in [0.3, 0.4) is 0 Å². The van der Waals surface area contributed by atoms with Gasteiger partial charge >= 0.3 is 0 Å². The number of nitrogens with one attached hydrogen (secondary N) is 1.